The summed E-state index contributed by atoms with van der Waals surface area (Å²) in [4.78, 5) is 19.3. The molecule has 3 heterocycles. The Hall–Kier alpha value is -2.32. The van der Waals surface area contributed by atoms with Crippen molar-refractivity contribution in [3.8, 4) is 5.82 Å². The zero-order valence-electron chi connectivity index (χ0n) is 13.2. The minimum Gasteiger partial charge on any atom is -0.396 e. The molecular formula is C16H19N5O3. The molecule has 0 radical (unpaired) electrons. The zero-order chi connectivity index (χ0) is 16.5. The molecule has 8 nitrogen and oxygen atoms in total. The van der Waals surface area contributed by atoms with Crippen LogP contribution in [0.2, 0.25) is 0 Å². The highest BCUT2D eigenvalue weighted by atomic mass is 16.5. The topological polar surface area (TPSA) is 93.4 Å². The average Bonchev–Trinajstić information content (AvgIpc) is 3.30. The van der Waals surface area contributed by atoms with Gasteiger partial charge in [-0.2, -0.15) is 0 Å². The van der Waals surface area contributed by atoms with E-state index in [0.717, 1.165) is 12.8 Å². The van der Waals surface area contributed by atoms with Gasteiger partial charge in [0.15, 0.2) is 0 Å². The van der Waals surface area contributed by atoms with Crippen LogP contribution in [0.5, 0.6) is 0 Å². The van der Waals surface area contributed by atoms with Crippen molar-refractivity contribution in [3.05, 3.63) is 36.5 Å². The number of pyridine rings is 1. The maximum absolute atomic E-state index is 13.0. The Bertz CT molecular complexity index is 720. The summed E-state index contributed by atoms with van der Waals surface area (Å²) in [6, 6.07) is 5.35. The third-order valence-corrected chi connectivity index (χ3v) is 4.79. The van der Waals surface area contributed by atoms with Crippen molar-refractivity contribution in [3.63, 3.8) is 0 Å². The van der Waals surface area contributed by atoms with E-state index in [-0.39, 0.29) is 30.6 Å². The number of fused-ring (bicyclic) bond motifs is 1. The van der Waals surface area contributed by atoms with Gasteiger partial charge in [-0.05, 0) is 30.9 Å². The molecule has 0 aromatic carbocycles. The van der Waals surface area contributed by atoms with Gasteiger partial charge in [-0.3, -0.25) is 9.36 Å². The highest BCUT2D eigenvalue weighted by Gasteiger charge is 2.43. The molecule has 2 aliphatic rings. The second-order valence-corrected chi connectivity index (χ2v) is 6.25. The van der Waals surface area contributed by atoms with Crippen molar-refractivity contribution in [2.45, 2.75) is 25.0 Å². The van der Waals surface area contributed by atoms with Crippen molar-refractivity contribution in [2.75, 3.05) is 19.8 Å². The fourth-order valence-electron chi connectivity index (χ4n) is 3.60. The first-order valence-corrected chi connectivity index (χ1v) is 8.11. The largest absolute Gasteiger partial charge is 0.396 e. The van der Waals surface area contributed by atoms with Gasteiger partial charge in [-0.1, -0.05) is 6.07 Å². The van der Waals surface area contributed by atoms with Crippen LogP contribution in [0, 0.1) is 5.92 Å². The van der Waals surface area contributed by atoms with Gasteiger partial charge in [-0.15, -0.1) is 10.2 Å². The molecule has 4 rings (SSSR count). The summed E-state index contributed by atoms with van der Waals surface area (Å²) in [6.07, 6.45) is 4.69. The Morgan fingerprint density at radius 2 is 2.12 bits per heavy atom. The maximum Gasteiger partial charge on any atom is 0.272 e. The van der Waals surface area contributed by atoms with E-state index in [1.807, 2.05) is 4.90 Å². The smallest absolute Gasteiger partial charge is 0.272 e. The lowest BCUT2D eigenvalue weighted by Crippen LogP contribution is -2.51. The summed E-state index contributed by atoms with van der Waals surface area (Å²) < 4.78 is 7.45. The molecule has 0 spiro atoms. The van der Waals surface area contributed by atoms with Crippen LogP contribution in [0.3, 0.4) is 0 Å². The molecule has 24 heavy (non-hydrogen) atoms. The number of aliphatic hydroxyl groups excluding tert-OH is 1. The first kappa shape index (κ1) is 15.2. The van der Waals surface area contributed by atoms with E-state index in [1.165, 1.54) is 0 Å². The fourth-order valence-corrected chi connectivity index (χ4v) is 3.60. The summed E-state index contributed by atoms with van der Waals surface area (Å²) >= 11 is 0. The number of carbonyl (C=O) groups is 1. The summed E-state index contributed by atoms with van der Waals surface area (Å²) in [5.74, 6) is 0.710. The minimum atomic E-state index is -0.0955. The lowest BCUT2D eigenvalue weighted by molar-refractivity contribution is -0.0450. The molecule has 2 aromatic rings. The van der Waals surface area contributed by atoms with E-state index in [9.17, 15) is 9.90 Å². The first-order chi connectivity index (χ1) is 11.8. The molecule has 1 unspecified atom stereocenters. The van der Waals surface area contributed by atoms with Crippen molar-refractivity contribution < 1.29 is 14.6 Å². The summed E-state index contributed by atoms with van der Waals surface area (Å²) in [5.41, 5.74) is 0.397. The van der Waals surface area contributed by atoms with Crippen LogP contribution in [-0.2, 0) is 4.74 Å². The number of amides is 1. The Morgan fingerprint density at radius 1 is 1.29 bits per heavy atom. The van der Waals surface area contributed by atoms with E-state index in [2.05, 4.69) is 15.2 Å². The van der Waals surface area contributed by atoms with Crippen LogP contribution in [-0.4, -0.2) is 67.6 Å². The fraction of sp³-hybridized carbons (Fsp3) is 0.500. The molecule has 0 bridgehead atoms. The molecule has 1 amide bonds. The second kappa shape index (κ2) is 6.29. The molecule has 1 aliphatic heterocycles. The van der Waals surface area contributed by atoms with Crippen LogP contribution < -0.4 is 0 Å². The van der Waals surface area contributed by atoms with E-state index in [0.29, 0.717) is 24.7 Å². The van der Waals surface area contributed by atoms with E-state index >= 15 is 0 Å². The Kier molecular flexibility index (Phi) is 3.99. The molecular weight excluding hydrogens is 310 g/mol. The standard InChI is InChI=1S/C16H19N5O3/c22-8-11-6-13-14(7-11)24-5-4-21(13)16(23)12-2-1-3-15(19-12)20-9-17-18-10-20/h1-3,9-11,13-14,22H,4-8H2/t11-,13+,14?/m1/s1. The van der Waals surface area contributed by atoms with Crippen LogP contribution in [0.15, 0.2) is 30.9 Å². The van der Waals surface area contributed by atoms with E-state index < -0.39 is 0 Å². The third kappa shape index (κ3) is 2.67. The molecule has 3 atom stereocenters. The van der Waals surface area contributed by atoms with Crippen LogP contribution in [0.1, 0.15) is 23.3 Å². The number of nitrogens with zero attached hydrogens (tertiary/aromatic N) is 5. The number of hydrogen-bond acceptors (Lipinski definition) is 6. The summed E-state index contributed by atoms with van der Waals surface area (Å²) in [5, 5.41) is 16.9. The van der Waals surface area contributed by atoms with Crippen molar-refractivity contribution in [2.24, 2.45) is 5.92 Å². The van der Waals surface area contributed by atoms with Crippen molar-refractivity contribution in [1.82, 2.24) is 24.6 Å². The lowest BCUT2D eigenvalue weighted by atomic mass is 10.1. The molecule has 1 aliphatic carbocycles. The van der Waals surface area contributed by atoms with Crippen molar-refractivity contribution in [1.29, 1.82) is 0 Å². The average molecular weight is 329 g/mol. The van der Waals surface area contributed by atoms with Crippen LogP contribution >= 0.6 is 0 Å². The van der Waals surface area contributed by atoms with Gasteiger partial charge in [0, 0.05) is 13.2 Å². The van der Waals surface area contributed by atoms with Gasteiger partial charge in [0.25, 0.3) is 5.91 Å². The van der Waals surface area contributed by atoms with Crippen LogP contribution in [0.4, 0.5) is 0 Å². The predicted molar refractivity (Wildman–Crippen MR) is 83.5 cm³/mol. The van der Waals surface area contributed by atoms with Gasteiger partial charge < -0.3 is 14.7 Å². The normalized spacial score (nSPS) is 26.4. The molecule has 1 saturated heterocycles. The molecule has 2 fully saturated rings. The maximum atomic E-state index is 13.0. The highest BCUT2D eigenvalue weighted by molar-refractivity contribution is 5.92. The minimum absolute atomic E-state index is 0.0147. The Labute approximate surface area is 139 Å². The van der Waals surface area contributed by atoms with Gasteiger partial charge >= 0.3 is 0 Å². The number of hydrogen-bond donors (Lipinski definition) is 1. The molecule has 8 heteroatoms. The number of aliphatic hydroxyl groups is 1. The molecule has 1 saturated carbocycles. The number of carbonyl (C=O) groups excluding carboxylic acids is 1. The lowest BCUT2D eigenvalue weighted by Gasteiger charge is -2.37. The Balaban J connectivity index is 1.58. The van der Waals surface area contributed by atoms with E-state index in [1.54, 1.807) is 35.4 Å². The number of aromatic nitrogens is 4. The van der Waals surface area contributed by atoms with Crippen LogP contribution in [0.25, 0.3) is 5.82 Å². The first-order valence-electron chi connectivity index (χ1n) is 8.11. The number of morpholine rings is 1. The highest BCUT2D eigenvalue weighted by Crippen LogP contribution is 2.34. The molecule has 1 N–H and O–H groups in total. The predicted octanol–water partition coefficient (Wildman–Crippen LogP) is 0.274. The quantitative estimate of drug-likeness (QED) is 0.869. The molecule has 126 valence electrons. The Morgan fingerprint density at radius 3 is 2.92 bits per heavy atom. The summed E-state index contributed by atoms with van der Waals surface area (Å²) in [7, 11) is 0. The SMILES string of the molecule is O=C(c1cccc(-n2cnnc2)n1)N1CCOC2C[C@H](CO)C[C@@H]21. The number of ether oxygens (including phenoxy) is 1. The third-order valence-electron chi connectivity index (χ3n) is 4.79. The van der Waals surface area contributed by atoms with Crippen molar-refractivity contribution >= 4 is 5.91 Å². The van der Waals surface area contributed by atoms with E-state index in [4.69, 9.17) is 4.74 Å². The van der Waals surface area contributed by atoms with Gasteiger partial charge in [0.1, 0.15) is 24.2 Å². The number of rotatable bonds is 3. The molecule has 2 aromatic heterocycles. The van der Waals surface area contributed by atoms with Gasteiger partial charge in [0.2, 0.25) is 0 Å². The van der Waals surface area contributed by atoms with Gasteiger partial charge in [-0.25, -0.2) is 4.98 Å². The zero-order valence-corrected chi connectivity index (χ0v) is 13.2. The second-order valence-electron chi connectivity index (χ2n) is 6.25. The van der Waals surface area contributed by atoms with Gasteiger partial charge in [0.05, 0.1) is 18.8 Å². The monoisotopic (exact) mass is 329 g/mol. The summed E-state index contributed by atoms with van der Waals surface area (Å²) in [6.45, 7) is 1.21.